The molecule has 2 unspecified atom stereocenters. The molecule has 0 aliphatic carbocycles. The van der Waals surface area contributed by atoms with Gasteiger partial charge in [0.05, 0.1) is 12.0 Å². The molecular weight excluding hydrogens is 247 g/mol. The van der Waals surface area contributed by atoms with Crippen LogP contribution in [0.4, 0.5) is 4.39 Å². The maximum absolute atomic E-state index is 12.9. The lowest BCUT2D eigenvalue weighted by Crippen LogP contribution is -2.29. The second-order valence-electron chi connectivity index (χ2n) is 4.04. The van der Waals surface area contributed by atoms with Gasteiger partial charge in [-0.3, -0.25) is 4.79 Å². The highest BCUT2D eigenvalue weighted by molar-refractivity contribution is 6.31. The van der Waals surface area contributed by atoms with Crippen molar-refractivity contribution in [3.63, 3.8) is 0 Å². The molecule has 3 nitrogen and oxygen atoms in total. The highest BCUT2D eigenvalue weighted by atomic mass is 35.5. The van der Waals surface area contributed by atoms with Gasteiger partial charge in [-0.05, 0) is 25.0 Å². The lowest BCUT2D eigenvalue weighted by atomic mass is 9.89. The fourth-order valence-electron chi connectivity index (χ4n) is 2.07. The van der Waals surface area contributed by atoms with E-state index in [1.54, 1.807) is 0 Å². The normalized spacial score (nSPS) is 24.6. The molecule has 0 spiro atoms. The first-order valence-corrected chi connectivity index (χ1v) is 5.77. The maximum Gasteiger partial charge on any atom is 0.309 e. The van der Waals surface area contributed by atoms with Gasteiger partial charge in [0.25, 0.3) is 0 Å². The second kappa shape index (κ2) is 5.02. The summed E-state index contributed by atoms with van der Waals surface area (Å²) < 4.78 is 18.4. The number of rotatable bonds is 2. The second-order valence-corrected chi connectivity index (χ2v) is 4.45. The molecule has 1 aliphatic heterocycles. The van der Waals surface area contributed by atoms with Crippen LogP contribution >= 0.6 is 11.6 Å². The van der Waals surface area contributed by atoms with E-state index in [1.807, 2.05) is 0 Å². The molecular formula is C12H12ClFO3. The van der Waals surface area contributed by atoms with Gasteiger partial charge < -0.3 is 9.84 Å². The minimum atomic E-state index is -0.907. The minimum Gasteiger partial charge on any atom is -0.481 e. The minimum absolute atomic E-state index is 0.211. The summed E-state index contributed by atoms with van der Waals surface area (Å²) in [4.78, 5) is 11.1. The van der Waals surface area contributed by atoms with Crippen molar-refractivity contribution < 1.29 is 19.0 Å². The predicted octanol–water partition coefficient (Wildman–Crippen LogP) is 3.03. The number of hydrogen-bond acceptors (Lipinski definition) is 2. The van der Waals surface area contributed by atoms with Gasteiger partial charge in [0, 0.05) is 17.2 Å². The number of aliphatic carboxylic acids is 1. The van der Waals surface area contributed by atoms with Crippen molar-refractivity contribution in [2.24, 2.45) is 5.92 Å². The Bertz CT molecular complexity index is 436. The van der Waals surface area contributed by atoms with Crippen molar-refractivity contribution in [1.29, 1.82) is 0 Å². The van der Waals surface area contributed by atoms with Crippen LogP contribution < -0.4 is 0 Å². The van der Waals surface area contributed by atoms with E-state index in [9.17, 15) is 9.18 Å². The van der Waals surface area contributed by atoms with Gasteiger partial charge in [-0.2, -0.15) is 0 Å². The van der Waals surface area contributed by atoms with Crippen LogP contribution in [0, 0.1) is 11.7 Å². The average Bonchev–Trinajstić information content (AvgIpc) is 2.29. The SMILES string of the molecule is O=C(O)C1CCCOC1c1ccc(F)cc1Cl. The Morgan fingerprint density at radius 3 is 2.94 bits per heavy atom. The van der Waals surface area contributed by atoms with Crippen molar-refractivity contribution in [3.8, 4) is 0 Å². The van der Waals surface area contributed by atoms with E-state index < -0.39 is 23.8 Å². The average molecular weight is 259 g/mol. The summed E-state index contributed by atoms with van der Waals surface area (Å²) in [6.07, 6.45) is 0.675. The third-order valence-corrected chi connectivity index (χ3v) is 3.24. The van der Waals surface area contributed by atoms with Crippen LogP contribution in [0.15, 0.2) is 18.2 Å². The van der Waals surface area contributed by atoms with E-state index in [0.717, 1.165) is 0 Å². The number of carboxylic acid groups (broad SMARTS) is 1. The topological polar surface area (TPSA) is 46.5 Å². The van der Waals surface area contributed by atoms with Gasteiger partial charge >= 0.3 is 5.97 Å². The van der Waals surface area contributed by atoms with Crippen molar-refractivity contribution in [1.82, 2.24) is 0 Å². The standard InChI is InChI=1S/C12H12ClFO3/c13-10-6-7(14)3-4-8(10)11-9(12(15)16)2-1-5-17-11/h3-4,6,9,11H,1-2,5H2,(H,15,16). The molecule has 1 heterocycles. The Balaban J connectivity index is 2.32. The van der Waals surface area contributed by atoms with Crippen LogP contribution in [-0.4, -0.2) is 17.7 Å². The quantitative estimate of drug-likeness (QED) is 0.887. The molecule has 1 aliphatic rings. The molecule has 17 heavy (non-hydrogen) atoms. The van der Waals surface area contributed by atoms with E-state index in [0.29, 0.717) is 25.0 Å². The summed E-state index contributed by atoms with van der Waals surface area (Å²) in [5.74, 6) is -1.97. The fraction of sp³-hybridized carbons (Fsp3) is 0.417. The molecule has 1 N–H and O–H groups in total. The molecule has 1 saturated heterocycles. The van der Waals surface area contributed by atoms with Gasteiger partial charge in [0.15, 0.2) is 0 Å². The van der Waals surface area contributed by atoms with Gasteiger partial charge in [-0.1, -0.05) is 17.7 Å². The number of carboxylic acids is 1. The predicted molar refractivity (Wildman–Crippen MR) is 60.5 cm³/mol. The summed E-state index contributed by atoms with van der Waals surface area (Å²) in [7, 11) is 0. The maximum atomic E-state index is 12.9. The molecule has 0 bridgehead atoms. The number of carbonyl (C=O) groups is 1. The first kappa shape index (κ1) is 12.3. The van der Waals surface area contributed by atoms with Gasteiger partial charge in [-0.25, -0.2) is 4.39 Å². The zero-order chi connectivity index (χ0) is 12.4. The molecule has 92 valence electrons. The summed E-state index contributed by atoms with van der Waals surface area (Å²) in [5.41, 5.74) is 0.542. The lowest BCUT2D eigenvalue weighted by molar-refractivity contribution is -0.151. The molecule has 0 amide bonds. The summed E-state index contributed by atoms with van der Waals surface area (Å²) in [6, 6.07) is 3.93. The molecule has 5 heteroatoms. The van der Waals surface area contributed by atoms with Gasteiger partial charge in [0.1, 0.15) is 5.82 Å². The van der Waals surface area contributed by atoms with Crippen LogP contribution in [0.1, 0.15) is 24.5 Å². The summed E-state index contributed by atoms with van der Waals surface area (Å²) >= 11 is 5.92. The van der Waals surface area contributed by atoms with E-state index in [2.05, 4.69) is 0 Å². The molecule has 1 fully saturated rings. The summed E-state index contributed by atoms with van der Waals surface area (Å²) in [5, 5.41) is 9.33. The zero-order valence-corrected chi connectivity index (χ0v) is 9.78. The van der Waals surface area contributed by atoms with Crippen LogP contribution in [-0.2, 0) is 9.53 Å². The van der Waals surface area contributed by atoms with Crippen molar-refractivity contribution in [3.05, 3.63) is 34.6 Å². The van der Waals surface area contributed by atoms with E-state index in [-0.39, 0.29) is 5.02 Å². The first-order chi connectivity index (χ1) is 8.09. The monoisotopic (exact) mass is 258 g/mol. The Hall–Kier alpha value is -1.13. The number of ether oxygens (including phenoxy) is 1. The van der Waals surface area contributed by atoms with E-state index in [1.165, 1.54) is 18.2 Å². The van der Waals surface area contributed by atoms with Crippen LogP contribution in [0.2, 0.25) is 5.02 Å². The van der Waals surface area contributed by atoms with Crippen molar-refractivity contribution >= 4 is 17.6 Å². The van der Waals surface area contributed by atoms with Crippen LogP contribution in [0.25, 0.3) is 0 Å². The Kier molecular flexibility index (Phi) is 3.64. The lowest BCUT2D eigenvalue weighted by Gasteiger charge is -2.29. The Labute approximate surface area is 103 Å². The van der Waals surface area contributed by atoms with Crippen LogP contribution in [0.5, 0.6) is 0 Å². The third kappa shape index (κ3) is 2.58. The third-order valence-electron chi connectivity index (χ3n) is 2.91. The van der Waals surface area contributed by atoms with Crippen molar-refractivity contribution in [2.75, 3.05) is 6.61 Å². The fourth-order valence-corrected chi connectivity index (χ4v) is 2.35. The Morgan fingerprint density at radius 2 is 2.29 bits per heavy atom. The summed E-state index contributed by atoms with van der Waals surface area (Å²) in [6.45, 7) is 0.502. The zero-order valence-electron chi connectivity index (χ0n) is 9.03. The first-order valence-electron chi connectivity index (χ1n) is 5.39. The Morgan fingerprint density at radius 1 is 1.53 bits per heavy atom. The smallest absolute Gasteiger partial charge is 0.309 e. The molecule has 2 atom stereocenters. The largest absolute Gasteiger partial charge is 0.481 e. The van der Waals surface area contributed by atoms with E-state index >= 15 is 0 Å². The molecule has 1 aromatic rings. The molecule has 0 aromatic heterocycles. The molecule has 1 aromatic carbocycles. The number of benzene rings is 1. The number of hydrogen-bond donors (Lipinski definition) is 1. The van der Waals surface area contributed by atoms with E-state index in [4.69, 9.17) is 21.4 Å². The van der Waals surface area contributed by atoms with Gasteiger partial charge in [0.2, 0.25) is 0 Å². The highest BCUT2D eigenvalue weighted by Crippen LogP contribution is 2.37. The molecule has 2 rings (SSSR count). The number of halogens is 2. The highest BCUT2D eigenvalue weighted by Gasteiger charge is 2.34. The molecule has 0 saturated carbocycles. The molecule has 0 radical (unpaired) electrons. The van der Waals surface area contributed by atoms with Crippen LogP contribution in [0.3, 0.4) is 0 Å². The van der Waals surface area contributed by atoms with Crippen molar-refractivity contribution in [2.45, 2.75) is 18.9 Å². The van der Waals surface area contributed by atoms with Gasteiger partial charge in [-0.15, -0.1) is 0 Å².